The van der Waals surface area contributed by atoms with Gasteiger partial charge in [0.25, 0.3) is 0 Å². The van der Waals surface area contributed by atoms with Crippen LogP contribution in [0.3, 0.4) is 0 Å². The summed E-state index contributed by atoms with van der Waals surface area (Å²) in [4.78, 5) is 0. The Morgan fingerprint density at radius 3 is 1.64 bits per heavy atom. The number of hydrogen-bond donors (Lipinski definition) is 0. The van der Waals surface area contributed by atoms with Crippen molar-refractivity contribution >= 4 is 0 Å². The summed E-state index contributed by atoms with van der Waals surface area (Å²) >= 11 is 0. The fourth-order valence-corrected chi connectivity index (χ4v) is 5.65. The standard InChI is InChI=1S/C42H78O2/c1-35(23-15-25-37(3)27-17-29-39(5)31-19-33-41(7,8)43-11)21-13-14-22-36(2)24-16-26-38(4)28-18-30-40(6)32-20-34-42(9,10)44-12/h15,19-20,23,30-32,35-39H,13-14,16-18,21-22,24-29,33-34H2,1-12H3/b23-15+,31-19+,32-20+,40-30+. The topological polar surface area (TPSA) is 18.5 Å². The van der Waals surface area contributed by atoms with Gasteiger partial charge >= 0.3 is 0 Å². The van der Waals surface area contributed by atoms with Gasteiger partial charge in [-0.1, -0.05) is 134 Å². The van der Waals surface area contributed by atoms with E-state index < -0.39 is 0 Å². The van der Waals surface area contributed by atoms with E-state index in [-0.39, 0.29) is 11.2 Å². The highest BCUT2D eigenvalue weighted by Crippen LogP contribution is 2.23. The molecule has 0 N–H and O–H groups in total. The minimum absolute atomic E-state index is 0.0511. The maximum atomic E-state index is 5.51. The third-order valence-electron chi connectivity index (χ3n) is 9.65. The van der Waals surface area contributed by atoms with E-state index in [2.05, 4.69) is 112 Å². The highest BCUT2D eigenvalue weighted by atomic mass is 16.5. The van der Waals surface area contributed by atoms with Crippen LogP contribution < -0.4 is 0 Å². The van der Waals surface area contributed by atoms with Crippen molar-refractivity contribution in [3.8, 4) is 0 Å². The molecule has 2 nitrogen and oxygen atoms in total. The van der Waals surface area contributed by atoms with Crippen molar-refractivity contribution in [2.45, 2.75) is 177 Å². The van der Waals surface area contributed by atoms with Gasteiger partial charge < -0.3 is 9.47 Å². The zero-order valence-electron chi connectivity index (χ0n) is 31.9. The third kappa shape index (κ3) is 26.1. The molecule has 0 bridgehead atoms. The highest BCUT2D eigenvalue weighted by molar-refractivity contribution is 5.16. The molecule has 5 atom stereocenters. The number of allylic oxidation sites excluding steroid dienone is 6. The van der Waals surface area contributed by atoms with E-state index in [9.17, 15) is 0 Å². The summed E-state index contributed by atoms with van der Waals surface area (Å²) in [5.74, 6) is 3.85. The van der Waals surface area contributed by atoms with Crippen molar-refractivity contribution in [1.82, 2.24) is 0 Å². The van der Waals surface area contributed by atoms with Gasteiger partial charge in [-0.25, -0.2) is 0 Å². The molecule has 0 aliphatic heterocycles. The van der Waals surface area contributed by atoms with E-state index in [1.807, 2.05) is 0 Å². The van der Waals surface area contributed by atoms with Crippen LogP contribution in [0.1, 0.15) is 166 Å². The van der Waals surface area contributed by atoms with Crippen molar-refractivity contribution < 1.29 is 9.47 Å². The van der Waals surface area contributed by atoms with Crippen LogP contribution in [0.5, 0.6) is 0 Å². The van der Waals surface area contributed by atoms with Gasteiger partial charge in [-0.2, -0.15) is 0 Å². The zero-order chi connectivity index (χ0) is 33.4. The molecule has 0 fully saturated rings. The minimum Gasteiger partial charge on any atom is -0.378 e. The lowest BCUT2D eigenvalue weighted by Gasteiger charge is -2.20. The molecule has 258 valence electrons. The Bertz CT molecular complexity index is 799. The second-order valence-corrected chi connectivity index (χ2v) is 15.8. The molecule has 0 amide bonds. The van der Waals surface area contributed by atoms with Crippen molar-refractivity contribution in [3.63, 3.8) is 0 Å². The maximum absolute atomic E-state index is 5.51. The summed E-state index contributed by atoms with van der Waals surface area (Å²) in [5.41, 5.74) is 1.25. The lowest BCUT2D eigenvalue weighted by molar-refractivity contribution is 0.0251. The predicted molar refractivity (Wildman–Crippen MR) is 198 cm³/mol. The van der Waals surface area contributed by atoms with Crippen LogP contribution in [0.25, 0.3) is 0 Å². The molecule has 0 saturated carbocycles. The second-order valence-electron chi connectivity index (χ2n) is 15.8. The van der Waals surface area contributed by atoms with Crippen molar-refractivity contribution in [1.29, 1.82) is 0 Å². The first kappa shape index (κ1) is 42.9. The Labute approximate surface area is 277 Å². The van der Waals surface area contributed by atoms with E-state index in [0.717, 1.165) is 30.6 Å². The number of methoxy groups -OCH3 is 2. The summed E-state index contributed by atoms with van der Waals surface area (Å²) in [7, 11) is 3.59. The number of hydrogen-bond acceptors (Lipinski definition) is 2. The Morgan fingerprint density at radius 1 is 0.568 bits per heavy atom. The molecule has 0 aliphatic rings. The molecular formula is C42H78O2. The predicted octanol–water partition coefficient (Wildman–Crippen LogP) is 13.5. The van der Waals surface area contributed by atoms with Gasteiger partial charge in [0.15, 0.2) is 0 Å². The SMILES string of the molecule is COC(C)(C)C/C=C/C(C)=C/CCC(C)CCCC(C)CCCCC(C)/C=C/CC(C)CCCC(C)/C=C/CC(C)(C)OC. The average Bonchev–Trinajstić information content (AvgIpc) is 2.95. The molecule has 2 heteroatoms. The molecule has 5 unspecified atom stereocenters. The quantitative estimate of drug-likeness (QED) is 0.0520. The van der Waals surface area contributed by atoms with E-state index in [1.54, 1.807) is 14.2 Å². The summed E-state index contributed by atoms with van der Waals surface area (Å²) in [6, 6.07) is 0. The summed E-state index contributed by atoms with van der Waals surface area (Å²) in [6.07, 6.45) is 35.8. The number of ether oxygens (including phenoxy) is 2. The monoisotopic (exact) mass is 615 g/mol. The van der Waals surface area contributed by atoms with Gasteiger partial charge in [0.2, 0.25) is 0 Å². The molecule has 0 rings (SSSR count). The van der Waals surface area contributed by atoms with E-state index >= 15 is 0 Å². The normalized spacial score (nSPS) is 17.1. The van der Waals surface area contributed by atoms with Crippen LogP contribution >= 0.6 is 0 Å². The molecule has 0 saturated heterocycles. The molecule has 0 radical (unpaired) electrons. The van der Waals surface area contributed by atoms with Crippen LogP contribution in [0.2, 0.25) is 0 Å². The molecule has 0 aromatic heterocycles. The lowest BCUT2D eigenvalue weighted by Crippen LogP contribution is -2.20. The summed E-state index contributed by atoms with van der Waals surface area (Å²) in [6.45, 7) is 22.9. The fraction of sp³-hybridized carbons (Fsp3) is 0.810. The fourth-order valence-electron chi connectivity index (χ4n) is 5.65. The maximum Gasteiger partial charge on any atom is 0.0657 e. The van der Waals surface area contributed by atoms with Crippen LogP contribution in [-0.4, -0.2) is 25.4 Å². The average molecular weight is 615 g/mol. The molecule has 0 spiro atoms. The Hall–Kier alpha value is -1.12. The van der Waals surface area contributed by atoms with E-state index in [1.165, 1.54) is 89.0 Å². The number of unbranched alkanes of at least 4 members (excludes halogenated alkanes) is 1. The zero-order valence-corrected chi connectivity index (χ0v) is 31.9. The molecule has 44 heavy (non-hydrogen) atoms. The minimum atomic E-state index is -0.0721. The molecule has 0 aliphatic carbocycles. The van der Waals surface area contributed by atoms with Crippen LogP contribution in [0.15, 0.2) is 48.1 Å². The number of rotatable bonds is 27. The van der Waals surface area contributed by atoms with Gasteiger partial charge in [0.05, 0.1) is 11.2 Å². The summed E-state index contributed by atoms with van der Waals surface area (Å²) in [5, 5.41) is 0. The van der Waals surface area contributed by atoms with Gasteiger partial charge in [0, 0.05) is 14.2 Å². The molecule has 0 aromatic rings. The highest BCUT2D eigenvalue weighted by Gasteiger charge is 2.14. The Kier molecular flexibility index (Phi) is 24.4. The van der Waals surface area contributed by atoms with E-state index in [4.69, 9.17) is 9.47 Å². The molecule has 0 aromatic carbocycles. The Balaban J connectivity index is 3.91. The Morgan fingerprint density at radius 2 is 1.02 bits per heavy atom. The van der Waals surface area contributed by atoms with Gasteiger partial charge in [-0.15, -0.1) is 0 Å². The van der Waals surface area contributed by atoms with Crippen molar-refractivity contribution in [2.24, 2.45) is 29.6 Å². The lowest BCUT2D eigenvalue weighted by atomic mass is 9.92. The third-order valence-corrected chi connectivity index (χ3v) is 9.65. The van der Waals surface area contributed by atoms with Crippen LogP contribution in [-0.2, 0) is 9.47 Å². The van der Waals surface area contributed by atoms with Crippen molar-refractivity contribution in [2.75, 3.05) is 14.2 Å². The van der Waals surface area contributed by atoms with Gasteiger partial charge in [-0.3, -0.25) is 0 Å². The summed E-state index contributed by atoms with van der Waals surface area (Å²) < 4.78 is 11.0. The van der Waals surface area contributed by atoms with Crippen molar-refractivity contribution in [3.05, 3.63) is 48.1 Å². The first-order valence-corrected chi connectivity index (χ1v) is 18.5. The van der Waals surface area contributed by atoms with Crippen LogP contribution in [0, 0.1) is 29.6 Å². The first-order valence-electron chi connectivity index (χ1n) is 18.5. The largest absolute Gasteiger partial charge is 0.378 e. The molecular weight excluding hydrogens is 536 g/mol. The van der Waals surface area contributed by atoms with Gasteiger partial charge in [-0.05, 0) is 109 Å². The second kappa shape index (κ2) is 25.0. The van der Waals surface area contributed by atoms with Crippen LogP contribution in [0.4, 0.5) is 0 Å². The first-order chi connectivity index (χ1) is 20.7. The van der Waals surface area contributed by atoms with E-state index in [0.29, 0.717) is 11.8 Å². The van der Waals surface area contributed by atoms with Gasteiger partial charge in [0.1, 0.15) is 0 Å². The smallest absolute Gasteiger partial charge is 0.0657 e. The molecule has 0 heterocycles.